The van der Waals surface area contributed by atoms with Crippen molar-refractivity contribution in [1.82, 2.24) is 15.6 Å². The Morgan fingerprint density at radius 3 is 2.61 bits per heavy atom. The van der Waals surface area contributed by atoms with Gasteiger partial charge in [0.2, 0.25) is 5.56 Å². The van der Waals surface area contributed by atoms with Crippen LogP contribution in [-0.2, 0) is 14.3 Å². The summed E-state index contributed by atoms with van der Waals surface area (Å²) in [4.78, 5) is 51.0. The largest absolute Gasteiger partial charge is 0.463 e. The zero-order chi connectivity index (χ0) is 20.3. The minimum Gasteiger partial charge on any atom is -0.463 e. The van der Waals surface area contributed by atoms with E-state index in [1.807, 2.05) is 0 Å². The predicted octanol–water partition coefficient (Wildman–Crippen LogP) is 1.20. The molecular formula is C19H19N3O6. The van der Waals surface area contributed by atoms with Gasteiger partial charge >= 0.3 is 18.0 Å². The van der Waals surface area contributed by atoms with E-state index in [2.05, 4.69) is 15.6 Å². The zero-order valence-corrected chi connectivity index (χ0v) is 15.3. The van der Waals surface area contributed by atoms with E-state index in [-0.39, 0.29) is 30.0 Å². The normalized spacial score (nSPS) is 16.4. The Morgan fingerprint density at radius 1 is 1.11 bits per heavy atom. The maximum Gasteiger partial charge on any atom is 0.339 e. The Kier molecular flexibility index (Phi) is 5.44. The number of pyridine rings is 1. The van der Waals surface area contributed by atoms with Gasteiger partial charge in [-0.15, -0.1) is 0 Å². The van der Waals surface area contributed by atoms with Gasteiger partial charge in [0.1, 0.15) is 6.61 Å². The van der Waals surface area contributed by atoms with E-state index in [4.69, 9.17) is 9.47 Å². The summed E-state index contributed by atoms with van der Waals surface area (Å²) in [5.74, 6) is -1.37. The van der Waals surface area contributed by atoms with Crippen molar-refractivity contribution in [2.75, 3.05) is 13.2 Å². The summed E-state index contributed by atoms with van der Waals surface area (Å²) in [6.07, 6.45) is 0. The number of hydrogen-bond acceptors (Lipinski definition) is 6. The Morgan fingerprint density at radius 2 is 1.86 bits per heavy atom. The molecule has 2 heterocycles. The quantitative estimate of drug-likeness (QED) is 0.664. The second-order valence-electron chi connectivity index (χ2n) is 6.10. The minimum atomic E-state index is -0.751. The summed E-state index contributed by atoms with van der Waals surface area (Å²) in [6, 6.07) is 6.83. The monoisotopic (exact) mass is 385 g/mol. The van der Waals surface area contributed by atoms with Crippen molar-refractivity contribution in [3.8, 4) is 0 Å². The van der Waals surface area contributed by atoms with Gasteiger partial charge < -0.3 is 25.1 Å². The number of nitrogens with one attached hydrogen (secondary N) is 3. The van der Waals surface area contributed by atoms with Crippen molar-refractivity contribution in [3.05, 3.63) is 57.5 Å². The lowest BCUT2D eigenvalue weighted by atomic mass is 10.0. The number of ether oxygens (including phenoxy) is 2. The van der Waals surface area contributed by atoms with Gasteiger partial charge in [-0.05, 0) is 19.9 Å². The Labute approximate surface area is 159 Å². The van der Waals surface area contributed by atoms with Crippen molar-refractivity contribution in [1.29, 1.82) is 0 Å². The van der Waals surface area contributed by atoms with Gasteiger partial charge in [0.15, 0.2) is 0 Å². The molecule has 1 aromatic carbocycles. The van der Waals surface area contributed by atoms with Crippen LogP contribution in [0.15, 0.2) is 46.4 Å². The molecule has 1 aliphatic rings. The maximum atomic E-state index is 12.6. The van der Waals surface area contributed by atoms with Crippen molar-refractivity contribution in [2.45, 2.75) is 19.9 Å². The fraction of sp³-hybridized carbons (Fsp3) is 0.263. The number of para-hydroxylation sites is 1. The van der Waals surface area contributed by atoms with Crippen LogP contribution in [-0.4, -0.2) is 42.2 Å². The van der Waals surface area contributed by atoms with Crippen LogP contribution in [0, 0.1) is 0 Å². The minimum absolute atomic E-state index is 0.0888. The van der Waals surface area contributed by atoms with E-state index in [0.717, 1.165) is 6.07 Å². The number of hydrogen-bond donors (Lipinski definition) is 3. The van der Waals surface area contributed by atoms with Crippen molar-refractivity contribution in [3.63, 3.8) is 0 Å². The maximum absolute atomic E-state index is 12.6. The lowest BCUT2D eigenvalue weighted by Crippen LogP contribution is -2.50. The molecule has 0 unspecified atom stereocenters. The van der Waals surface area contributed by atoms with E-state index in [0.29, 0.717) is 10.9 Å². The van der Waals surface area contributed by atoms with Gasteiger partial charge in [-0.1, -0.05) is 18.2 Å². The second-order valence-corrected chi connectivity index (χ2v) is 6.10. The molecule has 0 bridgehead atoms. The number of esters is 2. The molecule has 1 aromatic heterocycles. The van der Waals surface area contributed by atoms with Crippen LogP contribution >= 0.6 is 0 Å². The predicted molar refractivity (Wildman–Crippen MR) is 99.6 cm³/mol. The van der Waals surface area contributed by atoms with Crippen LogP contribution in [0.5, 0.6) is 0 Å². The molecule has 146 valence electrons. The number of benzene rings is 1. The Hall–Kier alpha value is -3.62. The van der Waals surface area contributed by atoms with Crippen LogP contribution in [0.3, 0.4) is 0 Å². The molecule has 0 spiro atoms. The Balaban J connectivity index is 1.88. The third-order valence-electron chi connectivity index (χ3n) is 4.18. The summed E-state index contributed by atoms with van der Waals surface area (Å²) in [7, 11) is 0. The second kappa shape index (κ2) is 7.95. The van der Waals surface area contributed by atoms with Crippen LogP contribution < -0.4 is 16.2 Å². The van der Waals surface area contributed by atoms with E-state index in [1.54, 1.807) is 38.1 Å². The number of carbonyl (C=O) groups is 3. The average Bonchev–Trinajstić information content (AvgIpc) is 2.65. The number of urea groups is 1. The molecule has 2 amide bonds. The van der Waals surface area contributed by atoms with Gasteiger partial charge in [0, 0.05) is 17.0 Å². The standard InChI is InChI=1S/C19H19N3O6/c1-3-27-18(25)16-10(2)20-19(26)22-14(16)9-28-17(24)12-8-15(23)21-13-7-5-4-6-11(12)13/h4-8,10H,3,9H2,1-2H3,(H,21,23)(H2,20,22,26)/t10-/m0/s1. The summed E-state index contributed by atoms with van der Waals surface area (Å²) >= 11 is 0. The average molecular weight is 385 g/mol. The first-order valence-corrected chi connectivity index (χ1v) is 8.67. The van der Waals surface area contributed by atoms with Crippen molar-refractivity contribution in [2.24, 2.45) is 0 Å². The lowest BCUT2D eigenvalue weighted by molar-refractivity contribution is -0.139. The lowest BCUT2D eigenvalue weighted by Gasteiger charge is -2.26. The molecule has 28 heavy (non-hydrogen) atoms. The fourth-order valence-corrected chi connectivity index (χ4v) is 2.98. The SMILES string of the molecule is CCOC(=O)C1=C(COC(=O)c2cc(=O)[nH]c3ccccc23)NC(=O)N[C@H]1C. The molecule has 0 aliphatic carbocycles. The fourth-order valence-electron chi connectivity index (χ4n) is 2.98. The number of amides is 2. The van der Waals surface area contributed by atoms with Gasteiger partial charge in [-0.2, -0.15) is 0 Å². The first kappa shape index (κ1) is 19.2. The van der Waals surface area contributed by atoms with Crippen molar-refractivity contribution >= 4 is 28.9 Å². The topological polar surface area (TPSA) is 127 Å². The Bertz CT molecular complexity index is 1040. The third kappa shape index (κ3) is 3.88. The van der Waals surface area contributed by atoms with Crippen LogP contribution in [0.1, 0.15) is 24.2 Å². The smallest absolute Gasteiger partial charge is 0.339 e. The molecule has 0 saturated heterocycles. The van der Waals surface area contributed by atoms with Crippen LogP contribution in [0.4, 0.5) is 4.79 Å². The molecule has 1 atom stereocenters. The van der Waals surface area contributed by atoms with Crippen LogP contribution in [0.25, 0.3) is 10.9 Å². The molecule has 3 rings (SSSR count). The number of H-pyrrole nitrogens is 1. The van der Waals surface area contributed by atoms with Gasteiger partial charge in [-0.25, -0.2) is 14.4 Å². The molecule has 1 aliphatic heterocycles. The molecule has 2 aromatic rings. The summed E-state index contributed by atoms with van der Waals surface area (Å²) in [6.45, 7) is 3.09. The highest BCUT2D eigenvalue weighted by atomic mass is 16.5. The molecule has 9 heteroatoms. The first-order valence-electron chi connectivity index (χ1n) is 8.67. The molecule has 0 fully saturated rings. The van der Waals surface area contributed by atoms with Gasteiger partial charge in [-0.3, -0.25) is 4.79 Å². The van der Waals surface area contributed by atoms with E-state index in [1.165, 1.54) is 0 Å². The van der Waals surface area contributed by atoms with E-state index < -0.39 is 29.6 Å². The highest BCUT2D eigenvalue weighted by Gasteiger charge is 2.30. The third-order valence-corrected chi connectivity index (χ3v) is 4.18. The van der Waals surface area contributed by atoms with E-state index in [9.17, 15) is 19.2 Å². The molecule has 0 saturated carbocycles. The number of rotatable bonds is 5. The van der Waals surface area contributed by atoms with Crippen molar-refractivity contribution < 1.29 is 23.9 Å². The summed E-state index contributed by atoms with van der Waals surface area (Å²) in [5, 5.41) is 5.55. The van der Waals surface area contributed by atoms with Crippen LogP contribution in [0.2, 0.25) is 0 Å². The number of fused-ring (bicyclic) bond motifs is 1. The van der Waals surface area contributed by atoms with Gasteiger partial charge in [0.05, 0.1) is 29.5 Å². The zero-order valence-electron chi connectivity index (χ0n) is 15.3. The molecule has 0 radical (unpaired) electrons. The number of carbonyl (C=O) groups excluding carboxylic acids is 3. The number of aromatic nitrogens is 1. The van der Waals surface area contributed by atoms with Gasteiger partial charge in [0.25, 0.3) is 0 Å². The first-order chi connectivity index (χ1) is 13.4. The van der Waals surface area contributed by atoms with E-state index >= 15 is 0 Å². The summed E-state index contributed by atoms with van der Waals surface area (Å²) < 4.78 is 10.3. The molecule has 3 N–H and O–H groups in total. The molecular weight excluding hydrogens is 366 g/mol. The summed E-state index contributed by atoms with van der Waals surface area (Å²) in [5.41, 5.74) is 0.450. The molecule has 9 nitrogen and oxygen atoms in total. The highest BCUT2D eigenvalue weighted by Crippen LogP contribution is 2.18. The highest BCUT2D eigenvalue weighted by molar-refractivity contribution is 6.03. The number of aromatic amines is 1.